The zero-order valence-corrected chi connectivity index (χ0v) is 8.41. The highest BCUT2D eigenvalue weighted by molar-refractivity contribution is 5.71. The molecule has 1 saturated heterocycles. The van der Waals surface area contributed by atoms with Crippen molar-refractivity contribution in [1.29, 1.82) is 0 Å². The third kappa shape index (κ3) is 1.47. The lowest BCUT2D eigenvalue weighted by Crippen LogP contribution is -2.54. The van der Waals surface area contributed by atoms with Gasteiger partial charge in [-0.3, -0.25) is 4.98 Å². The van der Waals surface area contributed by atoms with Crippen molar-refractivity contribution in [1.82, 2.24) is 10.3 Å². The van der Waals surface area contributed by atoms with Crippen molar-refractivity contribution < 1.29 is 4.39 Å². The van der Waals surface area contributed by atoms with Crippen LogP contribution < -0.4 is 5.32 Å². The average Bonchev–Trinajstić information content (AvgIpc) is 2.19. The quantitative estimate of drug-likeness (QED) is 0.756. The first kappa shape index (κ1) is 9.04. The molecule has 1 aliphatic carbocycles. The van der Waals surface area contributed by atoms with Crippen LogP contribution in [0.4, 0.5) is 4.39 Å². The summed E-state index contributed by atoms with van der Waals surface area (Å²) >= 11 is 0. The smallest absolute Gasteiger partial charge is 0.142 e. The number of halogens is 1. The van der Waals surface area contributed by atoms with Gasteiger partial charge in [-0.15, -0.1) is 0 Å². The number of rotatable bonds is 1. The maximum atomic E-state index is 13.1. The second kappa shape index (κ2) is 3.42. The third-order valence-corrected chi connectivity index (χ3v) is 3.35. The molecule has 3 rings (SSSR count). The predicted octanol–water partition coefficient (Wildman–Crippen LogP) is 1.99. The van der Waals surface area contributed by atoms with Crippen molar-refractivity contribution >= 4 is 5.57 Å². The molecule has 0 amide bonds. The molecule has 78 valence electrons. The summed E-state index contributed by atoms with van der Waals surface area (Å²) in [6.45, 7) is 1.10. The van der Waals surface area contributed by atoms with E-state index >= 15 is 0 Å². The molecule has 0 unspecified atom stereocenters. The molecule has 0 aromatic carbocycles. The summed E-state index contributed by atoms with van der Waals surface area (Å²) in [5.74, 6) is 0.489. The molecule has 1 aliphatic heterocycles. The van der Waals surface area contributed by atoms with Gasteiger partial charge in [0.25, 0.3) is 0 Å². The molecule has 2 aliphatic rings. The van der Waals surface area contributed by atoms with Crippen LogP contribution in [-0.4, -0.2) is 17.6 Å². The maximum absolute atomic E-state index is 13.1. The SMILES string of the molecule is Fc1cncc(C2=CCC[C@H]3CN[C@@H]23)c1. The van der Waals surface area contributed by atoms with E-state index < -0.39 is 0 Å². The molecular weight excluding hydrogens is 191 g/mol. The maximum Gasteiger partial charge on any atom is 0.142 e. The molecule has 2 heterocycles. The largest absolute Gasteiger partial charge is 0.309 e. The molecule has 2 nitrogen and oxygen atoms in total. The number of fused-ring (bicyclic) bond motifs is 1. The Morgan fingerprint density at radius 3 is 3.07 bits per heavy atom. The second-order valence-corrected chi connectivity index (χ2v) is 4.27. The van der Waals surface area contributed by atoms with Crippen LogP contribution in [0.2, 0.25) is 0 Å². The zero-order valence-electron chi connectivity index (χ0n) is 8.41. The Hall–Kier alpha value is -1.22. The molecular formula is C12H13FN2. The van der Waals surface area contributed by atoms with Crippen molar-refractivity contribution in [3.05, 3.63) is 35.9 Å². The van der Waals surface area contributed by atoms with Gasteiger partial charge in [-0.05, 0) is 30.4 Å². The predicted molar refractivity (Wildman–Crippen MR) is 56.7 cm³/mol. The van der Waals surface area contributed by atoms with Crippen LogP contribution in [0.1, 0.15) is 18.4 Å². The number of pyridine rings is 1. The number of aromatic nitrogens is 1. The van der Waals surface area contributed by atoms with Gasteiger partial charge in [-0.2, -0.15) is 0 Å². The standard InChI is InChI=1S/C12H13FN2/c13-10-4-9(5-14-7-10)11-3-1-2-8-6-15-12(8)11/h3-5,7-8,12,15H,1-2,6H2/t8-,12+/m0/s1. The Morgan fingerprint density at radius 2 is 2.33 bits per heavy atom. The fourth-order valence-electron chi connectivity index (χ4n) is 2.48. The van der Waals surface area contributed by atoms with Gasteiger partial charge in [-0.25, -0.2) is 4.39 Å². The van der Waals surface area contributed by atoms with E-state index in [-0.39, 0.29) is 5.82 Å². The summed E-state index contributed by atoms with van der Waals surface area (Å²) in [7, 11) is 0. The molecule has 0 bridgehead atoms. The summed E-state index contributed by atoms with van der Waals surface area (Å²) < 4.78 is 13.1. The van der Waals surface area contributed by atoms with Gasteiger partial charge in [0.05, 0.1) is 6.20 Å². The molecule has 1 N–H and O–H groups in total. The first-order chi connectivity index (χ1) is 7.34. The minimum Gasteiger partial charge on any atom is -0.309 e. The number of nitrogens with one attached hydrogen (secondary N) is 1. The van der Waals surface area contributed by atoms with Gasteiger partial charge in [0.1, 0.15) is 5.82 Å². The van der Waals surface area contributed by atoms with Gasteiger partial charge in [-0.1, -0.05) is 6.08 Å². The monoisotopic (exact) mass is 204 g/mol. The van der Waals surface area contributed by atoms with E-state index in [9.17, 15) is 4.39 Å². The number of hydrogen-bond donors (Lipinski definition) is 1. The molecule has 15 heavy (non-hydrogen) atoms. The third-order valence-electron chi connectivity index (χ3n) is 3.35. The Kier molecular flexibility index (Phi) is 2.06. The first-order valence-corrected chi connectivity index (χ1v) is 5.39. The van der Waals surface area contributed by atoms with Crippen LogP contribution in [0.25, 0.3) is 5.57 Å². The van der Waals surface area contributed by atoms with E-state index in [1.807, 2.05) is 0 Å². The lowest BCUT2D eigenvalue weighted by atomic mass is 9.76. The van der Waals surface area contributed by atoms with E-state index in [2.05, 4.69) is 16.4 Å². The van der Waals surface area contributed by atoms with Gasteiger partial charge in [0.2, 0.25) is 0 Å². The van der Waals surface area contributed by atoms with Crippen molar-refractivity contribution in [3.8, 4) is 0 Å². The Labute approximate surface area is 88.2 Å². The van der Waals surface area contributed by atoms with Crippen molar-refractivity contribution in [3.63, 3.8) is 0 Å². The van der Waals surface area contributed by atoms with E-state index in [1.165, 1.54) is 18.2 Å². The highest BCUT2D eigenvalue weighted by atomic mass is 19.1. The van der Waals surface area contributed by atoms with Crippen LogP contribution in [0.15, 0.2) is 24.5 Å². The summed E-state index contributed by atoms with van der Waals surface area (Å²) in [6.07, 6.45) is 7.57. The molecule has 0 spiro atoms. The molecule has 3 heteroatoms. The Balaban J connectivity index is 1.96. The summed E-state index contributed by atoms with van der Waals surface area (Å²) in [4.78, 5) is 3.90. The van der Waals surface area contributed by atoms with E-state index in [0.29, 0.717) is 6.04 Å². The van der Waals surface area contributed by atoms with Crippen LogP contribution in [0.5, 0.6) is 0 Å². The highest BCUT2D eigenvalue weighted by Crippen LogP contribution is 2.35. The van der Waals surface area contributed by atoms with Gasteiger partial charge >= 0.3 is 0 Å². The van der Waals surface area contributed by atoms with Crippen molar-refractivity contribution in [2.24, 2.45) is 5.92 Å². The summed E-state index contributed by atoms with van der Waals surface area (Å²) in [5.41, 5.74) is 2.15. The zero-order chi connectivity index (χ0) is 10.3. The minimum atomic E-state index is -0.255. The van der Waals surface area contributed by atoms with Crippen molar-refractivity contribution in [2.75, 3.05) is 6.54 Å². The van der Waals surface area contributed by atoms with E-state index in [0.717, 1.165) is 24.4 Å². The van der Waals surface area contributed by atoms with Crippen molar-refractivity contribution in [2.45, 2.75) is 18.9 Å². The second-order valence-electron chi connectivity index (χ2n) is 4.27. The van der Waals surface area contributed by atoms with Gasteiger partial charge in [0, 0.05) is 24.3 Å². The fraction of sp³-hybridized carbons (Fsp3) is 0.417. The molecule has 1 aromatic rings. The lowest BCUT2D eigenvalue weighted by molar-refractivity contribution is 0.262. The minimum absolute atomic E-state index is 0.255. The molecule has 0 saturated carbocycles. The van der Waals surface area contributed by atoms with Crippen LogP contribution in [0, 0.1) is 11.7 Å². The highest BCUT2D eigenvalue weighted by Gasteiger charge is 2.35. The van der Waals surface area contributed by atoms with E-state index in [1.54, 1.807) is 12.3 Å². The topological polar surface area (TPSA) is 24.9 Å². The van der Waals surface area contributed by atoms with Crippen LogP contribution in [-0.2, 0) is 0 Å². The van der Waals surface area contributed by atoms with Gasteiger partial charge in [0.15, 0.2) is 0 Å². The fourth-order valence-corrected chi connectivity index (χ4v) is 2.48. The molecule has 1 fully saturated rings. The summed E-state index contributed by atoms with van der Waals surface area (Å²) in [5, 5.41) is 3.40. The number of nitrogens with zero attached hydrogens (tertiary/aromatic N) is 1. The number of allylic oxidation sites excluding steroid dienone is 1. The normalized spacial score (nSPS) is 29.0. The van der Waals surface area contributed by atoms with E-state index in [4.69, 9.17) is 0 Å². The molecule has 1 aromatic heterocycles. The lowest BCUT2D eigenvalue weighted by Gasteiger charge is -2.42. The van der Waals surface area contributed by atoms with Crippen LogP contribution in [0.3, 0.4) is 0 Å². The molecule has 0 radical (unpaired) electrons. The Morgan fingerprint density at radius 1 is 1.40 bits per heavy atom. The molecule has 2 atom stereocenters. The first-order valence-electron chi connectivity index (χ1n) is 5.39. The number of hydrogen-bond acceptors (Lipinski definition) is 2. The Bertz CT molecular complexity index is 414. The average molecular weight is 204 g/mol. The van der Waals surface area contributed by atoms with Crippen LogP contribution >= 0.6 is 0 Å². The van der Waals surface area contributed by atoms with Gasteiger partial charge < -0.3 is 5.32 Å². The summed E-state index contributed by atoms with van der Waals surface area (Å²) in [6, 6.07) is 2.00.